The molecule has 2 aromatic rings. The molecule has 1 aromatic heterocycles. The van der Waals surface area contributed by atoms with Crippen LogP contribution in [0.4, 0.5) is 0 Å². The Labute approximate surface area is 124 Å². The van der Waals surface area contributed by atoms with Gasteiger partial charge >= 0.3 is 5.76 Å². The van der Waals surface area contributed by atoms with Crippen LogP contribution in [0, 0.1) is 0 Å². The maximum absolute atomic E-state index is 10.9. The molecule has 0 bridgehead atoms. The predicted molar refractivity (Wildman–Crippen MR) is 82.2 cm³/mol. The average Bonchev–Trinajstić information content (AvgIpc) is 2.94. The van der Waals surface area contributed by atoms with Crippen molar-refractivity contribution < 1.29 is 4.52 Å². The van der Waals surface area contributed by atoms with E-state index in [2.05, 4.69) is 38.9 Å². The zero-order valence-corrected chi connectivity index (χ0v) is 12.3. The van der Waals surface area contributed by atoms with E-state index in [1.807, 2.05) is 6.07 Å². The van der Waals surface area contributed by atoms with Gasteiger partial charge in [0.25, 0.3) is 0 Å². The molecule has 0 aliphatic carbocycles. The number of hydrogen-bond donors (Lipinski definition) is 2. The van der Waals surface area contributed by atoms with E-state index in [0.29, 0.717) is 12.4 Å². The number of nitrogens with one attached hydrogen (secondary N) is 1. The van der Waals surface area contributed by atoms with Gasteiger partial charge in [0.1, 0.15) is 0 Å². The van der Waals surface area contributed by atoms with E-state index < -0.39 is 5.76 Å². The van der Waals surface area contributed by atoms with Crippen molar-refractivity contribution in [1.29, 1.82) is 0 Å². The fourth-order valence-electron chi connectivity index (χ4n) is 2.50. The molecule has 1 aromatic carbocycles. The van der Waals surface area contributed by atoms with Crippen LogP contribution >= 0.6 is 0 Å². The van der Waals surface area contributed by atoms with Gasteiger partial charge in [0, 0.05) is 12.5 Å². The molecule has 0 fully saturated rings. The monoisotopic (exact) mass is 289 g/mol. The van der Waals surface area contributed by atoms with Gasteiger partial charge in [-0.05, 0) is 24.8 Å². The Morgan fingerprint density at radius 1 is 1.14 bits per heavy atom. The number of aromatic amines is 1. The lowest BCUT2D eigenvalue weighted by molar-refractivity contribution is 0.375. The predicted octanol–water partition coefficient (Wildman–Crippen LogP) is 2.60. The molecule has 114 valence electrons. The van der Waals surface area contributed by atoms with Gasteiger partial charge in [-0.3, -0.25) is 9.51 Å². The highest BCUT2D eigenvalue weighted by Crippen LogP contribution is 2.18. The fraction of sp³-hybridized carbons (Fsp3) is 0.500. The Balaban J connectivity index is 1.61. The Bertz CT molecular complexity index is 562. The molecule has 1 heterocycles. The quantitative estimate of drug-likeness (QED) is 0.695. The van der Waals surface area contributed by atoms with E-state index in [4.69, 9.17) is 5.73 Å². The number of hydrogen-bond acceptors (Lipinski definition) is 4. The molecule has 5 heteroatoms. The summed E-state index contributed by atoms with van der Waals surface area (Å²) in [4.78, 5) is 13.5. The maximum atomic E-state index is 10.9. The van der Waals surface area contributed by atoms with Crippen LogP contribution in [0.3, 0.4) is 0 Å². The molecule has 1 atom stereocenters. The summed E-state index contributed by atoms with van der Waals surface area (Å²) < 4.78 is 4.52. The summed E-state index contributed by atoms with van der Waals surface area (Å²) in [6.07, 6.45) is 6.75. The van der Waals surface area contributed by atoms with Crippen molar-refractivity contribution in [3.8, 4) is 0 Å². The van der Waals surface area contributed by atoms with E-state index >= 15 is 0 Å². The first-order valence-corrected chi connectivity index (χ1v) is 7.59. The SMILES string of the molecule is NCC(CCCCCCc1ccccc1)c1noc(=O)[nH]1. The Morgan fingerprint density at radius 3 is 2.57 bits per heavy atom. The van der Waals surface area contributed by atoms with E-state index in [1.165, 1.54) is 24.8 Å². The van der Waals surface area contributed by atoms with Gasteiger partial charge in [-0.1, -0.05) is 54.8 Å². The van der Waals surface area contributed by atoms with Crippen molar-refractivity contribution in [2.75, 3.05) is 6.54 Å². The van der Waals surface area contributed by atoms with Gasteiger partial charge in [0.15, 0.2) is 5.82 Å². The third-order valence-electron chi connectivity index (χ3n) is 3.74. The number of aromatic nitrogens is 2. The summed E-state index contributed by atoms with van der Waals surface area (Å²) in [5, 5.41) is 3.72. The van der Waals surface area contributed by atoms with Crippen LogP contribution in [0.15, 0.2) is 39.6 Å². The minimum Gasteiger partial charge on any atom is -0.330 e. The second-order valence-corrected chi connectivity index (χ2v) is 5.35. The summed E-state index contributed by atoms with van der Waals surface area (Å²) in [6.45, 7) is 0.479. The van der Waals surface area contributed by atoms with Crippen molar-refractivity contribution in [3.05, 3.63) is 52.3 Å². The van der Waals surface area contributed by atoms with Gasteiger partial charge in [-0.2, -0.15) is 0 Å². The van der Waals surface area contributed by atoms with E-state index in [0.717, 1.165) is 19.3 Å². The van der Waals surface area contributed by atoms with Crippen LogP contribution in [-0.4, -0.2) is 16.7 Å². The third kappa shape index (κ3) is 5.19. The third-order valence-corrected chi connectivity index (χ3v) is 3.74. The fourth-order valence-corrected chi connectivity index (χ4v) is 2.50. The minimum atomic E-state index is -0.508. The van der Waals surface area contributed by atoms with Crippen molar-refractivity contribution in [3.63, 3.8) is 0 Å². The van der Waals surface area contributed by atoms with Crippen LogP contribution in [0.2, 0.25) is 0 Å². The van der Waals surface area contributed by atoms with Gasteiger partial charge in [-0.15, -0.1) is 0 Å². The summed E-state index contributed by atoms with van der Waals surface area (Å²) in [7, 11) is 0. The number of benzene rings is 1. The lowest BCUT2D eigenvalue weighted by Crippen LogP contribution is -2.15. The molecule has 0 saturated heterocycles. The standard InChI is InChI=1S/C16H23N3O2/c17-12-14(15-18-16(20)21-19-15)11-7-2-1-4-8-13-9-5-3-6-10-13/h3,5-6,9-10,14H,1-2,4,7-8,11-12,17H2,(H,18,19,20). The van der Waals surface area contributed by atoms with Crippen LogP contribution in [0.1, 0.15) is 49.4 Å². The van der Waals surface area contributed by atoms with Crippen molar-refractivity contribution in [2.45, 2.75) is 44.4 Å². The first-order chi connectivity index (χ1) is 10.3. The zero-order chi connectivity index (χ0) is 14.9. The molecule has 3 N–H and O–H groups in total. The lowest BCUT2D eigenvalue weighted by Gasteiger charge is -2.10. The van der Waals surface area contributed by atoms with Gasteiger partial charge in [0.2, 0.25) is 0 Å². The molecule has 0 aliphatic rings. The largest absolute Gasteiger partial charge is 0.438 e. The number of unbranched alkanes of at least 4 members (excludes halogenated alkanes) is 3. The molecule has 5 nitrogen and oxygen atoms in total. The highest BCUT2D eigenvalue weighted by atomic mass is 16.5. The summed E-state index contributed by atoms with van der Waals surface area (Å²) in [6, 6.07) is 10.6. The van der Waals surface area contributed by atoms with Gasteiger partial charge in [-0.25, -0.2) is 4.79 Å². The van der Waals surface area contributed by atoms with Crippen LogP contribution in [0.25, 0.3) is 0 Å². The van der Waals surface area contributed by atoms with Crippen molar-refractivity contribution >= 4 is 0 Å². The molecular formula is C16H23N3O2. The highest BCUT2D eigenvalue weighted by Gasteiger charge is 2.14. The molecule has 21 heavy (non-hydrogen) atoms. The molecular weight excluding hydrogens is 266 g/mol. The number of nitrogens with zero attached hydrogens (tertiary/aromatic N) is 1. The van der Waals surface area contributed by atoms with Crippen molar-refractivity contribution in [2.24, 2.45) is 5.73 Å². The Hall–Kier alpha value is -1.88. The summed E-state index contributed by atoms with van der Waals surface area (Å²) in [5.41, 5.74) is 7.13. The summed E-state index contributed by atoms with van der Waals surface area (Å²) >= 11 is 0. The Kier molecular flexibility index (Phi) is 6.22. The molecule has 1 unspecified atom stereocenters. The molecule has 0 spiro atoms. The van der Waals surface area contributed by atoms with Gasteiger partial charge < -0.3 is 5.73 Å². The van der Waals surface area contributed by atoms with E-state index in [-0.39, 0.29) is 5.92 Å². The molecule has 2 rings (SSSR count). The highest BCUT2D eigenvalue weighted by molar-refractivity contribution is 5.14. The number of H-pyrrole nitrogens is 1. The van der Waals surface area contributed by atoms with E-state index in [9.17, 15) is 4.79 Å². The normalized spacial score (nSPS) is 12.4. The van der Waals surface area contributed by atoms with Crippen molar-refractivity contribution in [1.82, 2.24) is 10.1 Å². The smallest absolute Gasteiger partial charge is 0.330 e. The number of nitrogens with two attached hydrogens (primary N) is 1. The van der Waals surface area contributed by atoms with Crippen LogP contribution in [-0.2, 0) is 6.42 Å². The lowest BCUT2D eigenvalue weighted by atomic mass is 9.99. The molecule has 0 saturated carbocycles. The second kappa shape index (κ2) is 8.42. The molecule has 0 amide bonds. The zero-order valence-electron chi connectivity index (χ0n) is 12.3. The number of rotatable bonds is 9. The maximum Gasteiger partial charge on any atom is 0.438 e. The first kappa shape index (κ1) is 15.5. The van der Waals surface area contributed by atoms with E-state index in [1.54, 1.807) is 0 Å². The minimum absolute atomic E-state index is 0.0885. The topological polar surface area (TPSA) is 84.9 Å². The average molecular weight is 289 g/mol. The Morgan fingerprint density at radius 2 is 1.90 bits per heavy atom. The second-order valence-electron chi connectivity index (χ2n) is 5.35. The first-order valence-electron chi connectivity index (χ1n) is 7.59. The van der Waals surface area contributed by atoms with Crippen LogP contribution < -0.4 is 11.5 Å². The number of aryl methyl sites for hydroxylation is 1. The van der Waals surface area contributed by atoms with Crippen LogP contribution in [0.5, 0.6) is 0 Å². The molecule has 0 radical (unpaired) electrons. The summed E-state index contributed by atoms with van der Waals surface area (Å²) in [5.74, 6) is 0.156. The molecule has 0 aliphatic heterocycles. The van der Waals surface area contributed by atoms with Gasteiger partial charge in [0.05, 0.1) is 0 Å².